The number of aliphatic hydroxyl groups is 2. The van der Waals surface area contributed by atoms with Crippen LogP contribution < -0.4 is 0 Å². The molecule has 0 aromatic heterocycles. The van der Waals surface area contributed by atoms with Gasteiger partial charge in [0.05, 0.1) is 12.2 Å². The summed E-state index contributed by atoms with van der Waals surface area (Å²) >= 11 is 0. The molecule has 0 aliphatic carbocycles. The Bertz CT molecular complexity index is 100.0. The van der Waals surface area contributed by atoms with E-state index in [9.17, 15) is 0 Å². The van der Waals surface area contributed by atoms with E-state index < -0.39 is 5.60 Å². The highest BCUT2D eigenvalue weighted by atomic mass is 16.3. The molecule has 0 rings (SSSR count). The normalized spacial score (nSPS) is 11.6. The number of hydrogen-bond acceptors (Lipinski definition) is 2. The summed E-state index contributed by atoms with van der Waals surface area (Å²) in [6.45, 7) is 6.89. The molecule has 2 N–H and O–H groups in total. The Morgan fingerprint density at radius 1 is 1.56 bits per heavy atom. The Labute approximate surface area is 55.8 Å². The van der Waals surface area contributed by atoms with E-state index in [1.54, 1.807) is 13.8 Å². The van der Waals surface area contributed by atoms with Gasteiger partial charge in [-0.3, -0.25) is 0 Å². The second-order valence-corrected chi connectivity index (χ2v) is 2.90. The third-order valence-corrected chi connectivity index (χ3v) is 0.906. The molecule has 2 heteroatoms. The number of hydrogen-bond donors (Lipinski definition) is 2. The zero-order valence-electron chi connectivity index (χ0n) is 6.02. The molecule has 0 amide bonds. The molecule has 0 atom stereocenters. The van der Waals surface area contributed by atoms with Crippen LogP contribution in [0.1, 0.15) is 20.3 Å². The standard InChI is InChI=1S/C7H14O2/c1-6(5-8)4-7(2,3)9/h8-9H,1,4-5H2,2-3H3. The highest BCUT2D eigenvalue weighted by molar-refractivity contribution is 4.98. The molecule has 0 aromatic carbocycles. The van der Waals surface area contributed by atoms with Gasteiger partial charge in [-0.1, -0.05) is 6.58 Å². The summed E-state index contributed by atoms with van der Waals surface area (Å²) in [6, 6.07) is 0. The molecule has 0 unspecified atom stereocenters. The lowest BCUT2D eigenvalue weighted by atomic mass is 10.0. The Balaban J connectivity index is 3.60. The van der Waals surface area contributed by atoms with Crippen molar-refractivity contribution in [2.24, 2.45) is 0 Å². The van der Waals surface area contributed by atoms with Crippen LogP contribution in [-0.2, 0) is 0 Å². The van der Waals surface area contributed by atoms with E-state index in [1.165, 1.54) is 0 Å². The van der Waals surface area contributed by atoms with Crippen molar-refractivity contribution in [3.05, 3.63) is 12.2 Å². The Kier molecular flexibility index (Phi) is 2.88. The van der Waals surface area contributed by atoms with Gasteiger partial charge in [-0.25, -0.2) is 0 Å². The van der Waals surface area contributed by atoms with Crippen LogP contribution in [0.25, 0.3) is 0 Å². The van der Waals surface area contributed by atoms with E-state index >= 15 is 0 Å². The molecule has 2 nitrogen and oxygen atoms in total. The van der Waals surface area contributed by atoms with Crippen molar-refractivity contribution in [3.63, 3.8) is 0 Å². The van der Waals surface area contributed by atoms with E-state index in [0.717, 1.165) is 0 Å². The summed E-state index contributed by atoms with van der Waals surface area (Å²) < 4.78 is 0. The van der Waals surface area contributed by atoms with Gasteiger partial charge < -0.3 is 10.2 Å². The van der Waals surface area contributed by atoms with Crippen LogP contribution in [0.3, 0.4) is 0 Å². The minimum atomic E-state index is -0.736. The fourth-order valence-corrected chi connectivity index (χ4v) is 0.668. The van der Waals surface area contributed by atoms with Gasteiger partial charge in [-0.05, 0) is 25.8 Å². The van der Waals surface area contributed by atoms with Gasteiger partial charge in [0.2, 0.25) is 0 Å². The molecule has 0 aliphatic rings. The minimum absolute atomic E-state index is 0.0377. The smallest absolute Gasteiger partial charge is 0.0640 e. The zero-order chi connectivity index (χ0) is 7.49. The quantitative estimate of drug-likeness (QED) is 0.552. The van der Waals surface area contributed by atoms with Gasteiger partial charge >= 0.3 is 0 Å². The van der Waals surface area contributed by atoms with Crippen LogP contribution in [0.5, 0.6) is 0 Å². The average molecular weight is 130 g/mol. The van der Waals surface area contributed by atoms with Crippen LogP contribution in [0.15, 0.2) is 12.2 Å². The van der Waals surface area contributed by atoms with Crippen molar-refractivity contribution >= 4 is 0 Å². The fourth-order valence-electron chi connectivity index (χ4n) is 0.668. The SMILES string of the molecule is C=C(CO)CC(C)(C)O. The Morgan fingerprint density at radius 2 is 2.00 bits per heavy atom. The fraction of sp³-hybridized carbons (Fsp3) is 0.714. The summed E-state index contributed by atoms with van der Waals surface area (Å²) in [6.07, 6.45) is 0.462. The molecule has 0 saturated carbocycles. The maximum atomic E-state index is 9.15. The Morgan fingerprint density at radius 3 is 2.11 bits per heavy atom. The second kappa shape index (κ2) is 2.99. The third-order valence-electron chi connectivity index (χ3n) is 0.906. The van der Waals surface area contributed by atoms with Crippen molar-refractivity contribution in [2.75, 3.05) is 6.61 Å². The van der Waals surface area contributed by atoms with Crippen molar-refractivity contribution in [3.8, 4) is 0 Å². The summed E-state index contributed by atoms with van der Waals surface area (Å²) in [5.74, 6) is 0. The first kappa shape index (κ1) is 8.66. The molecule has 0 aromatic rings. The monoisotopic (exact) mass is 130 g/mol. The van der Waals surface area contributed by atoms with E-state index in [-0.39, 0.29) is 6.61 Å². The molecule has 0 spiro atoms. The lowest BCUT2D eigenvalue weighted by Gasteiger charge is -2.16. The molecule has 9 heavy (non-hydrogen) atoms. The lowest BCUT2D eigenvalue weighted by Crippen LogP contribution is -2.19. The molecule has 0 bridgehead atoms. The van der Waals surface area contributed by atoms with Crippen LogP contribution in [0.4, 0.5) is 0 Å². The zero-order valence-corrected chi connectivity index (χ0v) is 6.02. The average Bonchev–Trinajstić information content (AvgIpc) is 1.62. The van der Waals surface area contributed by atoms with Crippen molar-refractivity contribution < 1.29 is 10.2 Å². The van der Waals surface area contributed by atoms with Crippen LogP contribution in [0.2, 0.25) is 0 Å². The Hall–Kier alpha value is -0.340. The number of aliphatic hydroxyl groups excluding tert-OH is 1. The first-order valence-electron chi connectivity index (χ1n) is 2.95. The molecule has 0 fully saturated rings. The van der Waals surface area contributed by atoms with E-state index in [4.69, 9.17) is 10.2 Å². The second-order valence-electron chi connectivity index (χ2n) is 2.90. The minimum Gasteiger partial charge on any atom is -0.392 e. The summed E-state index contributed by atoms with van der Waals surface area (Å²) in [4.78, 5) is 0. The third kappa shape index (κ3) is 5.53. The van der Waals surface area contributed by atoms with E-state index in [2.05, 4.69) is 6.58 Å². The van der Waals surface area contributed by atoms with Crippen LogP contribution >= 0.6 is 0 Å². The van der Waals surface area contributed by atoms with Gasteiger partial charge in [0, 0.05) is 0 Å². The van der Waals surface area contributed by atoms with Gasteiger partial charge in [-0.15, -0.1) is 0 Å². The predicted molar refractivity (Wildman–Crippen MR) is 37.1 cm³/mol. The van der Waals surface area contributed by atoms with Crippen molar-refractivity contribution in [1.82, 2.24) is 0 Å². The topological polar surface area (TPSA) is 40.5 Å². The van der Waals surface area contributed by atoms with E-state index in [0.29, 0.717) is 12.0 Å². The van der Waals surface area contributed by atoms with Gasteiger partial charge in [0.15, 0.2) is 0 Å². The van der Waals surface area contributed by atoms with Crippen LogP contribution in [0, 0.1) is 0 Å². The van der Waals surface area contributed by atoms with Crippen LogP contribution in [-0.4, -0.2) is 22.4 Å². The predicted octanol–water partition coefficient (Wildman–Crippen LogP) is 0.696. The van der Waals surface area contributed by atoms with E-state index in [1.807, 2.05) is 0 Å². The molecule has 0 radical (unpaired) electrons. The summed E-state index contributed by atoms with van der Waals surface area (Å²) in [5, 5.41) is 17.6. The van der Waals surface area contributed by atoms with Crippen molar-refractivity contribution in [2.45, 2.75) is 25.9 Å². The first-order valence-corrected chi connectivity index (χ1v) is 2.95. The molecule has 0 aliphatic heterocycles. The summed E-state index contributed by atoms with van der Waals surface area (Å²) in [7, 11) is 0. The highest BCUT2D eigenvalue weighted by Gasteiger charge is 2.12. The van der Waals surface area contributed by atoms with Crippen molar-refractivity contribution in [1.29, 1.82) is 0 Å². The number of rotatable bonds is 3. The molecule has 0 heterocycles. The maximum Gasteiger partial charge on any atom is 0.0640 e. The molecular formula is C7H14O2. The van der Waals surface area contributed by atoms with Gasteiger partial charge in [-0.2, -0.15) is 0 Å². The largest absolute Gasteiger partial charge is 0.392 e. The summed E-state index contributed by atoms with van der Waals surface area (Å²) in [5.41, 5.74) is -0.0673. The maximum absolute atomic E-state index is 9.15. The highest BCUT2D eigenvalue weighted by Crippen LogP contribution is 2.12. The lowest BCUT2D eigenvalue weighted by molar-refractivity contribution is 0.0778. The molecule has 54 valence electrons. The molecule has 0 saturated heterocycles. The first-order chi connectivity index (χ1) is 3.95. The van der Waals surface area contributed by atoms with Gasteiger partial charge in [0.1, 0.15) is 0 Å². The van der Waals surface area contributed by atoms with Gasteiger partial charge in [0.25, 0.3) is 0 Å². The molecular weight excluding hydrogens is 116 g/mol.